The Kier molecular flexibility index (Phi) is 5.59. The lowest BCUT2D eigenvalue weighted by Crippen LogP contribution is -2.44. The molecule has 1 aliphatic rings. The van der Waals surface area contributed by atoms with E-state index in [1.807, 2.05) is 4.90 Å². The molecule has 2 amide bonds. The molecule has 0 aromatic rings. The van der Waals surface area contributed by atoms with Crippen LogP contribution in [0.25, 0.3) is 0 Å². The number of nitrogens with two attached hydrogens (primary N) is 1. The average molecular weight is 255 g/mol. The Bertz CT molecular complexity index is 295. The molecule has 0 aromatic heterocycles. The van der Waals surface area contributed by atoms with Crippen molar-refractivity contribution >= 4 is 11.8 Å². The summed E-state index contributed by atoms with van der Waals surface area (Å²) in [5.74, 6) is -0.227. The van der Waals surface area contributed by atoms with Crippen molar-refractivity contribution in [2.75, 3.05) is 26.2 Å². The summed E-state index contributed by atoms with van der Waals surface area (Å²) in [6.45, 7) is 6.00. The number of amides is 2. The van der Waals surface area contributed by atoms with Crippen molar-refractivity contribution in [2.45, 2.75) is 39.5 Å². The topological polar surface area (TPSA) is 75.4 Å². The van der Waals surface area contributed by atoms with Crippen LogP contribution in [0.4, 0.5) is 0 Å². The smallest absolute Gasteiger partial charge is 0.236 e. The summed E-state index contributed by atoms with van der Waals surface area (Å²) in [5.41, 5.74) is 4.66. The maximum atomic E-state index is 12.0. The lowest BCUT2D eigenvalue weighted by molar-refractivity contribution is -0.131. The van der Waals surface area contributed by atoms with Crippen molar-refractivity contribution in [2.24, 2.45) is 11.1 Å². The van der Waals surface area contributed by atoms with Gasteiger partial charge in [0.2, 0.25) is 11.8 Å². The van der Waals surface area contributed by atoms with Crippen molar-refractivity contribution in [3.05, 3.63) is 0 Å². The number of nitrogens with zero attached hydrogens (tertiary/aromatic N) is 1. The minimum Gasteiger partial charge on any atom is -0.369 e. The number of nitrogens with one attached hydrogen (secondary N) is 1. The van der Waals surface area contributed by atoms with Gasteiger partial charge in [-0.15, -0.1) is 0 Å². The quantitative estimate of drug-likeness (QED) is 0.750. The minimum atomic E-state index is -0.612. The van der Waals surface area contributed by atoms with Gasteiger partial charge in [0.25, 0.3) is 0 Å². The molecule has 0 unspecified atom stereocenters. The molecule has 1 saturated heterocycles. The highest BCUT2D eigenvalue weighted by Crippen LogP contribution is 2.12. The Hall–Kier alpha value is -1.10. The molecule has 0 aliphatic carbocycles. The summed E-state index contributed by atoms with van der Waals surface area (Å²) < 4.78 is 0. The number of primary amides is 1. The first kappa shape index (κ1) is 15.0. The Balaban J connectivity index is 2.30. The van der Waals surface area contributed by atoms with Gasteiger partial charge in [-0.05, 0) is 26.7 Å². The second-order valence-electron chi connectivity index (χ2n) is 5.65. The zero-order valence-corrected chi connectivity index (χ0v) is 11.5. The van der Waals surface area contributed by atoms with Crippen LogP contribution in [-0.2, 0) is 9.59 Å². The average Bonchev–Trinajstić information content (AvgIpc) is 2.56. The van der Waals surface area contributed by atoms with Crippen LogP contribution in [0, 0.1) is 5.41 Å². The summed E-state index contributed by atoms with van der Waals surface area (Å²) in [6, 6.07) is 0. The van der Waals surface area contributed by atoms with Crippen LogP contribution in [0.2, 0.25) is 0 Å². The highest BCUT2D eigenvalue weighted by Gasteiger charge is 2.25. The highest BCUT2D eigenvalue weighted by atomic mass is 16.2. The molecule has 1 fully saturated rings. The van der Waals surface area contributed by atoms with Gasteiger partial charge >= 0.3 is 0 Å². The van der Waals surface area contributed by atoms with E-state index in [9.17, 15) is 9.59 Å². The number of rotatable bonds is 5. The maximum absolute atomic E-state index is 12.0. The zero-order valence-electron chi connectivity index (χ0n) is 11.5. The van der Waals surface area contributed by atoms with Crippen molar-refractivity contribution in [3.63, 3.8) is 0 Å². The number of carbonyl (C=O) groups excluding carboxylic acids is 2. The molecule has 0 radical (unpaired) electrons. The highest BCUT2D eigenvalue weighted by molar-refractivity contribution is 5.81. The van der Waals surface area contributed by atoms with Gasteiger partial charge in [0, 0.05) is 19.6 Å². The van der Waals surface area contributed by atoms with Crippen LogP contribution in [0.3, 0.4) is 0 Å². The first-order valence-corrected chi connectivity index (χ1v) is 6.72. The van der Waals surface area contributed by atoms with Gasteiger partial charge in [0.15, 0.2) is 0 Å². The van der Waals surface area contributed by atoms with Crippen LogP contribution < -0.4 is 11.1 Å². The Morgan fingerprint density at radius 3 is 2.22 bits per heavy atom. The van der Waals surface area contributed by atoms with Gasteiger partial charge in [-0.1, -0.05) is 12.8 Å². The van der Waals surface area contributed by atoms with Gasteiger partial charge < -0.3 is 16.0 Å². The molecule has 0 aromatic carbocycles. The Labute approximate surface area is 109 Å². The zero-order chi connectivity index (χ0) is 13.6. The van der Waals surface area contributed by atoms with Crippen LogP contribution in [-0.4, -0.2) is 42.9 Å². The van der Waals surface area contributed by atoms with E-state index in [0.29, 0.717) is 6.54 Å². The molecule has 1 aliphatic heterocycles. The fraction of sp³-hybridized carbons (Fsp3) is 0.846. The van der Waals surface area contributed by atoms with Crippen LogP contribution in [0.1, 0.15) is 39.5 Å². The summed E-state index contributed by atoms with van der Waals surface area (Å²) in [7, 11) is 0. The Morgan fingerprint density at radius 1 is 1.17 bits per heavy atom. The summed E-state index contributed by atoms with van der Waals surface area (Å²) in [5, 5.41) is 3.03. The predicted octanol–water partition coefficient (Wildman–Crippen LogP) is 0.490. The fourth-order valence-corrected chi connectivity index (χ4v) is 2.00. The van der Waals surface area contributed by atoms with Crippen molar-refractivity contribution < 1.29 is 9.59 Å². The van der Waals surface area contributed by atoms with Crippen LogP contribution in [0.5, 0.6) is 0 Å². The number of likely N-dealkylation sites (tertiary alicyclic amines) is 1. The molecule has 18 heavy (non-hydrogen) atoms. The standard InChI is InChI=1S/C13H25N3O2/c1-13(2,12(14)18)10-15-9-11(17)16-7-5-3-4-6-8-16/h15H,3-10H2,1-2H3,(H2,14,18). The fourth-order valence-electron chi connectivity index (χ4n) is 2.00. The first-order chi connectivity index (χ1) is 8.43. The third-order valence-electron chi connectivity index (χ3n) is 3.47. The normalized spacial score (nSPS) is 17.3. The number of carbonyl (C=O) groups is 2. The second-order valence-corrected chi connectivity index (χ2v) is 5.65. The van der Waals surface area contributed by atoms with Crippen LogP contribution in [0.15, 0.2) is 0 Å². The first-order valence-electron chi connectivity index (χ1n) is 6.72. The molecule has 0 atom stereocenters. The predicted molar refractivity (Wildman–Crippen MR) is 70.9 cm³/mol. The molecule has 3 N–H and O–H groups in total. The van der Waals surface area contributed by atoms with E-state index in [-0.39, 0.29) is 18.4 Å². The van der Waals surface area contributed by atoms with Gasteiger partial charge in [-0.25, -0.2) is 0 Å². The number of hydrogen-bond acceptors (Lipinski definition) is 3. The van der Waals surface area contributed by atoms with Crippen molar-refractivity contribution in [1.29, 1.82) is 0 Å². The molecule has 0 spiro atoms. The Morgan fingerprint density at radius 2 is 1.72 bits per heavy atom. The molecule has 5 nitrogen and oxygen atoms in total. The van der Waals surface area contributed by atoms with Gasteiger partial charge in [0.1, 0.15) is 0 Å². The minimum absolute atomic E-state index is 0.122. The van der Waals surface area contributed by atoms with E-state index in [1.165, 1.54) is 12.8 Å². The van der Waals surface area contributed by atoms with E-state index >= 15 is 0 Å². The van der Waals surface area contributed by atoms with E-state index in [1.54, 1.807) is 13.8 Å². The van der Waals surface area contributed by atoms with Gasteiger partial charge in [-0.3, -0.25) is 9.59 Å². The van der Waals surface area contributed by atoms with E-state index in [4.69, 9.17) is 5.73 Å². The third kappa shape index (κ3) is 4.64. The van der Waals surface area contributed by atoms with Gasteiger partial charge in [0.05, 0.1) is 12.0 Å². The largest absolute Gasteiger partial charge is 0.369 e. The van der Waals surface area contributed by atoms with E-state index in [0.717, 1.165) is 25.9 Å². The molecule has 1 rings (SSSR count). The molecular formula is C13H25N3O2. The molecule has 0 bridgehead atoms. The summed E-state index contributed by atoms with van der Waals surface area (Å²) in [4.78, 5) is 25.0. The molecule has 1 heterocycles. The third-order valence-corrected chi connectivity index (χ3v) is 3.47. The summed E-state index contributed by atoms with van der Waals surface area (Å²) >= 11 is 0. The van der Waals surface area contributed by atoms with E-state index < -0.39 is 5.41 Å². The second kappa shape index (κ2) is 6.73. The van der Waals surface area contributed by atoms with Crippen molar-refractivity contribution in [3.8, 4) is 0 Å². The monoisotopic (exact) mass is 255 g/mol. The van der Waals surface area contributed by atoms with Crippen LogP contribution >= 0.6 is 0 Å². The SMILES string of the molecule is CC(C)(CNCC(=O)N1CCCCCC1)C(N)=O. The molecular weight excluding hydrogens is 230 g/mol. The van der Waals surface area contributed by atoms with Gasteiger partial charge in [-0.2, -0.15) is 0 Å². The molecule has 0 saturated carbocycles. The summed E-state index contributed by atoms with van der Waals surface area (Å²) in [6.07, 6.45) is 4.62. The maximum Gasteiger partial charge on any atom is 0.236 e. The van der Waals surface area contributed by atoms with E-state index in [2.05, 4.69) is 5.32 Å². The lowest BCUT2D eigenvalue weighted by Gasteiger charge is -2.23. The lowest BCUT2D eigenvalue weighted by atomic mass is 9.93. The number of hydrogen-bond donors (Lipinski definition) is 2. The molecule has 5 heteroatoms. The molecule has 104 valence electrons. The van der Waals surface area contributed by atoms with Crippen molar-refractivity contribution in [1.82, 2.24) is 10.2 Å².